The van der Waals surface area contributed by atoms with Gasteiger partial charge in [0.15, 0.2) is 0 Å². The second-order valence-electron chi connectivity index (χ2n) is 8.00. The minimum atomic E-state index is 0.970. The van der Waals surface area contributed by atoms with Gasteiger partial charge in [0.05, 0.1) is 22.7 Å². The predicted octanol–water partition coefficient (Wildman–Crippen LogP) is 11.7. The van der Waals surface area contributed by atoms with E-state index in [4.69, 9.17) is 0 Å². The third-order valence-corrected chi connectivity index (χ3v) is 8.33. The number of benzene rings is 5. The van der Waals surface area contributed by atoms with Gasteiger partial charge in [-0.2, -0.15) is 0 Å². The lowest BCUT2D eigenvalue weighted by molar-refractivity contribution is 1.22. The molecule has 0 unspecified atom stereocenters. The summed E-state index contributed by atoms with van der Waals surface area (Å²) in [5.74, 6) is 0. The van der Waals surface area contributed by atoms with Crippen LogP contribution in [-0.4, -0.2) is 0 Å². The van der Waals surface area contributed by atoms with Crippen LogP contribution in [0.5, 0.6) is 0 Å². The summed E-state index contributed by atoms with van der Waals surface area (Å²) < 4.78 is 3.96. The van der Waals surface area contributed by atoms with Crippen LogP contribution in [0.2, 0.25) is 0 Å². The summed E-state index contributed by atoms with van der Waals surface area (Å²) in [4.78, 5) is 4.51. The third-order valence-electron chi connectivity index (χ3n) is 5.71. The van der Waals surface area contributed by atoms with Crippen LogP contribution < -0.4 is 9.80 Å². The highest BCUT2D eigenvalue weighted by atomic mass is 79.9. The molecule has 2 nitrogen and oxygen atoms in total. The molecule has 0 atom stereocenters. The number of halogens is 4. The van der Waals surface area contributed by atoms with E-state index in [2.05, 4.69) is 171 Å². The maximum atomic E-state index is 3.86. The Hall–Kier alpha value is -2.38. The molecule has 0 heterocycles. The second-order valence-corrected chi connectivity index (χ2v) is 11.4. The summed E-state index contributed by atoms with van der Waals surface area (Å²) in [6.45, 7) is 0. The number of hydrogen-bond donors (Lipinski definition) is 0. The van der Waals surface area contributed by atoms with Gasteiger partial charge in [-0.25, -0.2) is 0 Å². The number of anilines is 6. The van der Waals surface area contributed by atoms with E-state index < -0.39 is 0 Å². The molecule has 0 spiro atoms. The largest absolute Gasteiger partial charge is 0.308 e. The van der Waals surface area contributed by atoms with Crippen molar-refractivity contribution in [3.05, 3.63) is 139 Å². The smallest absolute Gasteiger partial charge is 0.0625 e. The molecule has 0 aliphatic carbocycles. The molecule has 0 aliphatic rings. The zero-order valence-electron chi connectivity index (χ0n) is 19.0. The summed E-state index contributed by atoms with van der Waals surface area (Å²) in [7, 11) is 0. The van der Waals surface area contributed by atoms with E-state index in [1.54, 1.807) is 0 Å². The Kier molecular flexibility index (Phi) is 7.96. The summed E-state index contributed by atoms with van der Waals surface area (Å²) in [6.07, 6.45) is 0. The van der Waals surface area contributed by atoms with Gasteiger partial charge in [0, 0.05) is 29.3 Å². The van der Waals surface area contributed by atoms with E-state index in [0.29, 0.717) is 0 Å². The highest BCUT2D eigenvalue weighted by molar-refractivity contribution is 9.11. The molecule has 5 aromatic carbocycles. The topological polar surface area (TPSA) is 6.48 Å². The van der Waals surface area contributed by atoms with Gasteiger partial charge in [-0.1, -0.05) is 60.7 Å². The van der Waals surface area contributed by atoms with Crippen LogP contribution in [0.15, 0.2) is 139 Å². The number of nitrogens with zero attached hydrogens (tertiary/aromatic N) is 2. The number of para-hydroxylation sites is 4. The molecule has 0 aromatic heterocycles. The fourth-order valence-corrected chi connectivity index (χ4v) is 6.38. The molecule has 0 aliphatic heterocycles. The van der Waals surface area contributed by atoms with E-state index in [1.165, 1.54) is 0 Å². The molecule has 0 saturated carbocycles. The third kappa shape index (κ3) is 5.18. The van der Waals surface area contributed by atoms with E-state index in [-0.39, 0.29) is 0 Å². The Bertz CT molecular complexity index is 1380. The summed E-state index contributed by atoms with van der Waals surface area (Å²) in [5, 5.41) is 0. The standard InChI is InChI=1S/C30H20Br4N2/c31-23-15-7-9-17-27(23)35(21-11-3-1-4-12-21)29-20-30(26(34)19-25(29)33)36(22-13-5-2-6-14-22)28-18-10-8-16-24(28)32/h1-20H. The molecule has 0 saturated heterocycles. The van der Waals surface area contributed by atoms with Gasteiger partial charge in [0.25, 0.3) is 0 Å². The van der Waals surface area contributed by atoms with Crippen molar-refractivity contribution in [3.63, 3.8) is 0 Å². The minimum Gasteiger partial charge on any atom is -0.308 e. The van der Waals surface area contributed by atoms with Crippen molar-refractivity contribution in [3.8, 4) is 0 Å². The average Bonchev–Trinajstić information content (AvgIpc) is 2.90. The van der Waals surface area contributed by atoms with Gasteiger partial charge in [0.2, 0.25) is 0 Å². The lowest BCUT2D eigenvalue weighted by Crippen LogP contribution is -2.15. The Morgan fingerprint density at radius 2 is 0.694 bits per heavy atom. The average molecular weight is 728 g/mol. The monoisotopic (exact) mass is 724 g/mol. The van der Waals surface area contributed by atoms with Crippen LogP contribution in [0.4, 0.5) is 34.1 Å². The highest BCUT2D eigenvalue weighted by Gasteiger charge is 2.23. The fourth-order valence-electron chi connectivity index (χ4n) is 4.11. The van der Waals surface area contributed by atoms with Gasteiger partial charge in [-0.05, 0) is 124 Å². The van der Waals surface area contributed by atoms with E-state index >= 15 is 0 Å². The second kappa shape index (κ2) is 11.3. The maximum absolute atomic E-state index is 3.86. The Morgan fingerprint density at radius 1 is 0.333 bits per heavy atom. The molecule has 0 bridgehead atoms. The Morgan fingerprint density at radius 3 is 1.08 bits per heavy atom. The summed E-state index contributed by atoms with van der Waals surface area (Å²) in [6, 6.07) is 41.7. The van der Waals surface area contributed by atoms with Gasteiger partial charge in [0.1, 0.15) is 0 Å². The Balaban J connectivity index is 1.77. The minimum absolute atomic E-state index is 0.970. The molecule has 178 valence electrons. The molecule has 0 radical (unpaired) electrons. The highest BCUT2D eigenvalue weighted by Crippen LogP contribution is 2.48. The molecule has 5 aromatic rings. The van der Waals surface area contributed by atoms with Gasteiger partial charge < -0.3 is 9.80 Å². The number of hydrogen-bond acceptors (Lipinski definition) is 2. The SMILES string of the molecule is Brc1ccccc1N(c1ccccc1)c1cc(N(c2ccccc2)c2ccccc2Br)c(Br)cc1Br. The van der Waals surface area contributed by atoms with Gasteiger partial charge >= 0.3 is 0 Å². The molecular weight excluding hydrogens is 708 g/mol. The van der Waals surface area contributed by atoms with E-state index in [0.717, 1.165) is 52.0 Å². The van der Waals surface area contributed by atoms with Crippen molar-refractivity contribution in [2.75, 3.05) is 9.80 Å². The summed E-state index contributed by atoms with van der Waals surface area (Å²) >= 11 is 15.3. The van der Waals surface area contributed by atoms with E-state index in [9.17, 15) is 0 Å². The lowest BCUT2D eigenvalue weighted by atomic mass is 10.1. The molecule has 36 heavy (non-hydrogen) atoms. The molecular formula is C30H20Br4N2. The van der Waals surface area contributed by atoms with Crippen molar-refractivity contribution in [1.82, 2.24) is 0 Å². The van der Waals surface area contributed by atoms with Gasteiger partial charge in [-0.3, -0.25) is 0 Å². The molecule has 0 amide bonds. The van der Waals surface area contributed by atoms with Gasteiger partial charge in [-0.15, -0.1) is 0 Å². The molecule has 0 fully saturated rings. The van der Waals surface area contributed by atoms with Crippen LogP contribution in [0.3, 0.4) is 0 Å². The van der Waals surface area contributed by atoms with Crippen molar-refractivity contribution in [2.45, 2.75) is 0 Å². The van der Waals surface area contributed by atoms with Crippen LogP contribution in [0, 0.1) is 0 Å². The number of rotatable bonds is 6. The van der Waals surface area contributed by atoms with E-state index in [1.807, 2.05) is 24.3 Å². The van der Waals surface area contributed by atoms with Crippen LogP contribution >= 0.6 is 63.7 Å². The maximum Gasteiger partial charge on any atom is 0.0625 e. The first-order valence-corrected chi connectivity index (χ1v) is 14.4. The summed E-state index contributed by atoms with van der Waals surface area (Å²) in [5.41, 5.74) is 6.24. The van der Waals surface area contributed by atoms with Crippen molar-refractivity contribution in [2.24, 2.45) is 0 Å². The van der Waals surface area contributed by atoms with Crippen molar-refractivity contribution in [1.29, 1.82) is 0 Å². The van der Waals surface area contributed by atoms with Crippen LogP contribution in [0.1, 0.15) is 0 Å². The zero-order valence-corrected chi connectivity index (χ0v) is 25.3. The fraction of sp³-hybridized carbons (Fsp3) is 0. The quantitative estimate of drug-likeness (QED) is 0.172. The van der Waals surface area contributed by atoms with Crippen LogP contribution in [0.25, 0.3) is 0 Å². The Labute approximate surface area is 245 Å². The van der Waals surface area contributed by atoms with Crippen molar-refractivity contribution >= 4 is 97.8 Å². The normalized spacial score (nSPS) is 10.8. The molecule has 5 rings (SSSR count). The van der Waals surface area contributed by atoms with Crippen molar-refractivity contribution < 1.29 is 0 Å². The predicted molar refractivity (Wildman–Crippen MR) is 167 cm³/mol. The first kappa shape index (κ1) is 25.3. The zero-order chi connectivity index (χ0) is 25.1. The molecule has 6 heteroatoms. The first-order valence-electron chi connectivity index (χ1n) is 11.2. The molecule has 0 N–H and O–H groups in total. The lowest BCUT2D eigenvalue weighted by Gasteiger charge is -2.31. The first-order chi connectivity index (χ1) is 17.5. The van der Waals surface area contributed by atoms with Crippen LogP contribution in [-0.2, 0) is 0 Å².